The van der Waals surface area contributed by atoms with E-state index in [1.54, 1.807) is 18.4 Å². The number of nitrogens with two attached hydrogens (primary N) is 1. The van der Waals surface area contributed by atoms with Gasteiger partial charge in [0.05, 0.1) is 6.04 Å². The van der Waals surface area contributed by atoms with Gasteiger partial charge in [0.25, 0.3) is 0 Å². The molecule has 0 saturated carbocycles. The summed E-state index contributed by atoms with van der Waals surface area (Å²) in [5, 5.41) is 4.99. The largest absolute Gasteiger partial charge is 0.385 e. The Balaban J connectivity index is 2.25. The van der Waals surface area contributed by atoms with E-state index in [2.05, 4.69) is 11.4 Å². The average Bonchev–Trinajstić information content (AvgIpc) is 2.81. The van der Waals surface area contributed by atoms with Gasteiger partial charge in [0.2, 0.25) is 5.91 Å². The summed E-state index contributed by atoms with van der Waals surface area (Å²) >= 11 is 1.70. The van der Waals surface area contributed by atoms with Gasteiger partial charge in [0.1, 0.15) is 0 Å². The van der Waals surface area contributed by atoms with Gasteiger partial charge in [-0.25, -0.2) is 0 Å². The van der Waals surface area contributed by atoms with Crippen LogP contribution < -0.4 is 11.1 Å². The van der Waals surface area contributed by atoms with Crippen molar-refractivity contribution < 1.29 is 9.53 Å². The molecule has 0 aliphatic carbocycles. The summed E-state index contributed by atoms with van der Waals surface area (Å²) in [4.78, 5) is 13.1. The third kappa shape index (κ3) is 5.62. The third-order valence-corrected chi connectivity index (χ3v) is 3.58. The van der Waals surface area contributed by atoms with Crippen LogP contribution in [0.5, 0.6) is 0 Å². The van der Waals surface area contributed by atoms with Crippen LogP contribution >= 0.6 is 11.3 Å². The van der Waals surface area contributed by atoms with Crippen molar-refractivity contribution in [2.75, 3.05) is 13.7 Å². The maximum Gasteiger partial charge on any atom is 0.237 e. The van der Waals surface area contributed by atoms with Crippen LogP contribution in [0.2, 0.25) is 0 Å². The van der Waals surface area contributed by atoms with E-state index in [4.69, 9.17) is 10.5 Å². The Morgan fingerprint density at radius 2 is 2.39 bits per heavy atom. The first kappa shape index (κ1) is 15.1. The number of hydrogen-bond donors (Lipinski definition) is 2. The van der Waals surface area contributed by atoms with Crippen LogP contribution in [-0.4, -0.2) is 31.7 Å². The summed E-state index contributed by atoms with van der Waals surface area (Å²) in [7, 11) is 1.65. The van der Waals surface area contributed by atoms with Crippen molar-refractivity contribution in [3.05, 3.63) is 22.4 Å². The Hall–Kier alpha value is -0.910. The number of rotatable bonds is 8. The molecule has 0 aromatic carbocycles. The minimum absolute atomic E-state index is 0.0739. The van der Waals surface area contributed by atoms with Gasteiger partial charge < -0.3 is 15.8 Å². The standard InChI is InChI=1S/C13H22N2O2S/c1-10(9-11-5-4-8-18-11)15-13(16)12(14)6-3-7-17-2/h4-5,8,10,12H,3,6-7,9,14H2,1-2H3,(H,15,16). The maximum atomic E-state index is 11.8. The molecule has 1 aromatic heterocycles. The van der Waals surface area contributed by atoms with Gasteiger partial charge in [-0.3, -0.25) is 4.79 Å². The zero-order valence-electron chi connectivity index (χ0n) is 11.0. The predicted molar refractivity (Wildman–Crippen MR) is 74.7 cm³/mol. The predicted octanol–water partition coefficient (Wildman–Crippen LogP) is 1.55. The van der Waals surface area contributed by atoms with E-state index in [-0.39, 0.29) is 11.9 Å². The Morgan fingerprint density at radius 3 is 3.00 bits per heavy atom. The van der Waals surface area contributed by atoms with E-state index in [0.29, 0.717) is 13.0 Å². The molecule has 0 aliphatic rings. The van der Waals surface area contributed by atoms with Crippen LogP contribution in [0, 0.1) is 0 Å². The lowest BCUT2D eigenvalue weighted by Gasteiger charge is -2.17. The number of nitrogens with one attached hydrogen (secondary N) is 1. The zero-order chi connectivity index (χ0) is 13.4. The fourth-order valence-electron chi connectivity index (χ4n) is 1.71. The smallest absolute Gasteiger partial charge is 0.237 e. The molecule has 1 aromatic rings. The Bertz CT molecular complexity index is 341. The highest BCUT2D eigenvalue weighted by Gasteiger charge is 2.15. The summed E-state index contributed by atoms with van der Waals surface area (Å²) in [5.41, 5.74) is 5.81. The van der Waals surface area contributed by atoms with E-state index >= 15 is 0 Å². The number of ether oxygens (including phenoxy) is 1. The fourth-order valence-corrected chi connectivity index (χ4v) is 2.55. The number of carbonyl (C=O) groups is 1. The minimum atomic E-state index is -0.439. The van der Waals surface area contributed by atoms with Gasteiger partial charge in [-0.2, -0.15) is 0 Å². The summed E-state index contributed by atoms with van der Waals surface area (Å²) in [6.07, 6.45) is 2.32. The normalized spacial score (nSPS) is 14.2. The van der Waals surface area contributed by atoms with Crippen LogP contribution in [0.3, 0.4) is 0 Å². The number of amides is 1. The minimum Gasteiger partial charge on any atom is -0.385 e. The third-order valence-electron chi connectivity index (χ3n) is 2.68. The molecule has 0 bridgehead atoms. The molecule has 102 valence electrons. The molecule has 0 aliphatic heterocycles. The highest BCUT2D eigenvalue weighted by atomic mass is 32.1. The first-order chi connectivity index (χ1) is 8.63. The molecule has 1 rings (SSSR count). The monoisotopic (exact) mass is 270 g/mol. The first-order valence-electron chi connectivity index (χ1n) is 6.20. The molecule has 0 spiro atoms. The molecule has 2 atom stereocenters. The zero-order valence-corrected chi connectivity index (χ0v) is 11.8. The van der Waals surface area contributed by atoms with Gasteiger partial charge in [0, 0.05) is 31.1 Å². The molecular formula is C13H22N2O2S. The van der Waals surface area contributed by atoms with Crippen LogP contribution in [0.1, 0.15) is 24.6 Å². The van der Waals surface area contributed by atoms with E-state index in [9.17, 15) is 4.79 Å². The summed E-state index contributed by atoms with van der Waals surface area (Å²) in [6, 6.07) is 3.77. The van der Waals surface area contributed by atoms with Gasteiger partial charge in [-0.05, 0) is 31.2 Å². The molecular weight excluding hydrogens is 248 g/mol. The SMILES string of the molecule is COCCCC(N)C(=O)NC(C)Cc1cccs1. The molecule has 1 heterocycles. The molecule has 3 N–H and O–H groups in total. The second kappa shape index (κ2) is 8.24. The first-order valence-corrected chi connectivity index (χ1v) is 7.08. The van der Waals surface area contributed by atoms with Crippen molar-refractivity contribution >= 4 is 17.2 Å². The highest BCUT2D eigenvalue weighted by molar-refractivity contribution is 7.09. The van der Waals surface area contributed by atoms with Gasteiger partial charge >= 0.3 is 0 Å². The molecule has 0 saturated heterocycles. The molecule has 5 heteroatoms. The Labute approximate surface area is 113 Å². The lowest BCUT2D eigenvalue weighted by molar-refractivity contribution is -0.123. The lowest BCUT2D eigenvalue weighted by atomic mass is 10.1. The van der Waals surface area contributed by atoms with Gasteiger partial charge in [0.15, 0.2) is 0 Å². The van der Waals surface area contributed by atoms with E-state index in [1.807, 2.05) is 18.4 Å². The van der Waals surface area contributed by atoms with Crippen LogP contribution in [0.4, 0.5) is 0 Å². The number of methoxy groups -OCH3 is 1. The summed E-state index contributed by atoms with van der Waals surface area (Å²) < 4.78 is 4.94. The Kier molecular flexibility index (Phi) is 6.93. The maximum absolute atomic E-state index is 11.8. The van der Waals surface area contributed by atoms with Crippen LogP contribution in [-0.2, 0) is 16.0 Å². The van der Waals surface area contributed by atoms with Gasteiger partial charge in [-0.1, -0.05) is 6.07 Å². The molecule has 2 unspecified atom stereocenters. The van der Waals surface area contributed by atoms with Crippen LogP contribution in [0.15, 0.2) is 17.5 Å². The van der Waals surface area contributed by atoms with Crippen molar-refractivity contribution in [2.24, 2.45) is 5.73 Å². The number of hydrogen-bond acceptors (Lipinski definition) is 4. The van der Waals surface area contributed by atoms with Gasteiger partial charge in [-0.15, -0.1) is 11.3 Å². The molecule has 1 amide bonds. The molecule has 0 fully saturated rings. The molecule has 0 radical (unpaired) electrons. The van der Waals surface area contributed by atoms with Crippen molar-refractivity contribution in [3.8, 4) is 0 Å². The second-order valence-corrected chi connectivity index (χ2v) is 5.47. The summed E-state index contributed by atoms with van der Waals surface area (Å²) in [5.74, 6) is -0.0739. The van der Waals surface area contributed by atoms with E-state index < -0.39 is 6.04 Å². The second-order valence-electron chi connectivity index (χ2n) is 4.43. The lowest BCUT2D eigenvalue weighted by Crippen LogP contribution is -2.45. The van der Waals surface area contributed by atoms with Crippen molar-refractivity contribution in [2.45, 2.75) is 38.3 Å². The van der Waals surface area contributed by atoms with Crippen molar-refractivity contribution in [1.82, 2.24) is 5.32 Å². The summed E-state index contributed by atoms with van der Waals surface area (Å²) in [6.45, 7) is 2.64. The van der Waals surface area contributed by atoms with Crippen molar-refractivity contribution in [1.29, 1.82) is 0 Å². The quantitative estimate of drug-likeness (QED) is 0.704. The van der Waals surface area contributed by atoms with Crippen LogP contribution in [0.25, 0.3) is 0 Å². The highest BCUT2D eigenvalue weighted by Crippen LogP contribution is 2.11. The van der Waals surface area contributed by atoms with Crippen molar-refractivity contribution in [3.63, 3.8) is 0 Å². The Morgan fingerprint density at radius 1 is 1.61 bits per heavy atom. The fraction of sp³-hybridized carbons (Fsp3) is 0.615. The number of thiophene rings is 1. The molecule has 18 heavy (non-hydrogen) atoms. The average molecular weight is 270 g/mol. The van der Waals surface area contributed by atoms with E-state index in [1.165, 1.54) is 4.88 Å². The number of carbonyl (C=O) groups excluding carboxylic acids is 1. The molecule has 4 nitrogen and oxygen atoms in total. The topological polar surface area (TPSA) is 64.3 Å². The van der Waals surface area contributed by atoms with E-state index in [0.717, 1.165) is 12.8 Å².